The molecule has 0 saturated heterocycles. The van der Waals surface area contributed by atoms with Gasteiger partial charge in [0.2, 0.25) is 0 Å². The lowest BCUT2D eigenvalue weighted by Crippen LogP contribution is -2.40. The summed E-state index contributed by atoms with van der Waals surface area (Å²) < 4.78 is 44.1. The van der Waals surface area contributed by atoms with Crippen LogP contribution in [0.5, 0.6) is 0 Å². The van der Waals surface area contributed by atoms with Crippen LogP contribution in [0.1, 0.15) is 95.9 Å². The Kier molecular flexibility index (Phi) is 9.44. The molecule has 2 aromatic heterocycles. The van der Waals surface area contributed by atoms with Crippen LogP contribution in [0, 0.1) is 18.8 Å². The second-order valence-corrected chi connectivity index (χ2v) is 11.5. The summed E-state index contributed by atoms with van der Waals surface area (Å²) in [5.41, 5.74) is -1.43. The molecule has 0 aromatic carbocycles. The summed E-state index contributed by atoms with van der Waals surface area (Å²) in [4.78, 5) is 43.6. The number of amides is 1. The van der Waals surface area contributed by atoms with Gasteiger partial charge in [-0.1, -0.05) is 42.5 Å². The molecular formula is C27H31Cl2F3N4O4. The third-order valence-corrected chi connectivity index (χ3v) is 8.42. The average Bonchev–Trinajstić information content (AvgIpc) is 3.34. The minimum Gasteiger partial charge on any atom is -0.481 e. The van der Waals surface area contributed by atoms with Crippen molar-refractivity contribution in [2.24, 2.45) is 11.8 Å². The van der Waals surface area contributed by atoms with Crippen molar-refractivity contribution in [1.29, 1.82) is 0 Å². The Balaban J connectivity index is 1.66. The van der Waals surface area contributed by atoms with E-state index in [1.165, 1.54) is 6.07 Å². The zero-order chi connectivity index (χ0) is 29.2. The second kappa shape index (κ2) is 12.5. The zero-order valence-electron chi connectivity index (χ0n) is 22.0. The molecule has 0 bridgehead atoms. The van der Waals surface area contributed by atoms with E-state index in [0.29, 0.717) is 5.69 Å². The molecule has 2 heterocycles. The summed E-state index contributed by atoms with van der Waals surface area (Å²) in [7, 11) is 0. The maximum atomic E-state index is 14.4. The Morgan fingerprint density at radius 1 is 1.07 bits per heavy atom. The van der Waals surface area contributed by atoms with Crippen LogP contribution in [0.15, 0.2) is 12.3 Å². The van der Waals surface area contributed by atoms with Crippen molar-refractivity contribution in [3.8, 4) is 0 Å². The number of carboxylic acids is 1. The topological polar surface area (TPSA) is 105 Å². The number of aryl methyl sites for hydroxylation is 1. The molecule has 4 rings (SSSR count). The molecule has 8 nitrogen and oxygen atoms in total. The Hall–Kier alpha value is -2.66. The van der Waals surface area contributed by atoms with Gasteiger partial charge in [0, 0.05) is 12.2 Å². The highest BCUT2D eigenvalue weighted by molar-refractivity contribution is 6.39. The molecule has 40 heavy (non-hydrogen) atoms. The van der Waals surface area contributed by atoms with Crippen molar-refractivity contribution >= 4 is 40.9 Å². The predicted molar refractivity (Wildman–Crippen MR) is 142 cm³/mol. The lowest BCUT2D eigenvalue weighted by atomic mass is 9.86. The summed E-state index contributed by atoms with van der Waals surface area (Å²) in [6, 6.07) is 0.761. The van der Waals surface area contributed by atoms with E-state index in [1.54, 1.807) is 6.92 Å². The quantitative estimate of drug-likeness (QED) is 0.268. The van der Waals surface area contributed by atoms with Crippen molar-refractivity contribution in [3.05, 3.63) is 45.0 Å². The average molecular weight is 603 g/mol. The first-order valence-electron chi connectivity index (χ1n) is 13.4. The number of Topliss-reactive ketones (excluding diaryl/α,β-unsaturated/α-hetero) is 1. The Morgan fingerprint density at radius 2 is 1.73 bits per heavy atom. The van der Waals surface area contributed by atoms with Crippen LogP contribution in [0.2, 0.25) is 10.2 Å². The summed E-state index contributed by atoms with van der Waals surface area (Å²) in [6.45, 7) is 1.23. The standard InChI is InChI=1S/C27H31Cl2F3N4O4/c1-15-11-20(28)22(24(29)34-15)21(37)14-35(13-16-5-3-2-4-6-16)25(38)19-12-33-36(23(19)27(30,31)32)18-9-7-17(8-10-18)26(39)40/h11-12,16-18H,2-10,13-14H2,1H3,(H,39,40). The maximum Gasteiger partial charge on any atom is 0.433 e. The number of pyridine rings is 1. The van der Waals surface area contributed by atoms with Crippen molar-refractivity contribution < 1.29 is 32.7 Å². The van der Waals surface area contributed by atoms with Gasteiger partial charge in [0.15, 0.2) is 11.5 Å². The smallest absolute Gasteiger partial charge is 0.433 e. The summed E-state index contributed by atoms with van der Waals surface area (Å²) in [5, 5.41) is 13.1. The minimum atomic E-state index is -4.90. The first-order chi connectivity index (χ1) is 18.9. The zero-order valence-corrected chi connectivity index (χ0v) is 23.5. The maximum absolute atomic E-state index is 14.4. The van der Waals surface area contributed by atoms with Crippen molar-refractivity contribution in [1.82, 2.24) is 19.7 Å². The lowest BCUT2D eigenvalue weighted by Gasteiger charge is -2.30. The molecule has 13 heteroatoms. The number of alkyl halides is 3. The normalized spacial score (nSPS) is 20.4. The van der Waals surface area contributed by atoms with E-state index in [4.69, 9.17) is 23.2 Å². The van der Waals surface area contributed by atoms with Gasteiger partial charge in [0.05, 0.1) is 40.9 Å². The summed E-state index contributed by atoms with van der Waals surface area (Å²) in [6.07, 6.45) is 1.32. The highest BCUT2D eigenvalue weighted by Gasteiger charge is 2.43. The number of nitrogens with zero attached hydrogens (tertiary/aromatic N) is 4. The number of rotatable bonds is 8. The number of hydrogen-bond acceptors (Lipinski definition) is 5. The number of halogens is 5. The van der Waals surface area contributed by atoms with Crippen LogP contribution in [0.3, 0.4) is 0 Å². The number of ketones is 1. The van der Waals surface area contributed by atoms with Crippen molar-refractivity contribution in [2.45, 2.75) is 76.9 Å². The molecular weight excluding hydrogens is 572 g/mol. The van der Waals surface area contributed by atoms with Gasteiger partial charge in [-0.25, -0.2) is 4.98 Å². The van der Waals surface area contributed by atoms with Crippen LogP contribution < -0.4 is 0 Å². The number of carbonyl (C=O) groups excluding carboxylic acids is 2. The minimum absolute atomic E-state index is 0.0308. The number of carbonyl (C=O) groups is 3. The molecule has 0 unspecified atom stereocenters. The van der Waals surface area contributed by atoms with E-state index in [1.807, 2.05) is 0 Å². The van der Waals surface area contributed by atoms with Gasteiger partial charge < -0.3 is 10.0 Å². The molecule has 2 aliphatic carbocycles. The molecule has 0 spiro atoms. The molecule has 218 valence electrons. The molecule has 2 fully saturated rings. The van der Waals surface area contributed by atoms with Gasteiger partial charge in [-0.05, 0) is 57.4 Å². The number of aromatic nitrogens is 3. The number of hydrogen-bond donors (Lipinski definition) is 1. The fourth-order valence-electron chi connectivity index (χ4n) is 5.81. The number of carboxylic acid groups (broad SMARTS) is 1. The Morgan fingerprint density at radius 3 is 2.30 bits per heavy atom. The van der Waals surface area contributed by atoms with Crippen LogP contribution in [-0.2, 0) is 11.0 Å². The molecule has 0 aliphatic heterocycles. The fourth-order valence-corrected chi connectivity index (χ4v) is 6.56. The van der Waals surface area contributed by atoms with E-state index in [-0.39, 0.29) is 53.9 Å². The van der Waals surface area contributed by atoms with E-state index in [2.05, 4.69) is 10.1 Å². The molecule has 2 aromatic rings. The molecule has 1 N–H and O–H groups in total. The largest absolute Gasteiger partial charge is 0.481 e. The number of aliphatic carboxylic acids is 1. The third-order valence-electron chi connectivity index (χ3n) is 7.85. The predicted octanol–water partition coefficient (Wildman–Crippen LogP) is 6.63. The monoisotopic (exact) mass is 602 g/mol. The fraction of sp³-hybridized carbons (Fsp3) is 0.593. The Labute approximate surface area is 239 Å². The second-order valence-electron chi connectivity index (χ2n) is 10.7. The third kappa shape index (κ3) is 6.79. The van der Waals surface area contributed by atoms with E-state index < -0.39 is 53.6 Å². The van der Waals surface area contributed by atoms with Gasteiger partial charge in [-0.15, -0.1) is 0 Å². The molecule has 1 amide bonds. The molecule has 0 radical (unpaired) electrons. The van der Waals surface area contributed by atoms with Crippen LogP contribution >= 0.6 is 23.2 Å². The summed E-state index contributed by atoms with van der Waals surface area (Å²) in [5.74, 6) is -3.14. The lowest BCUT2D eigenvalue weighted by molar-refractivity contribution is -0.147. The van der Waals surface area contributed by atoms with E-state index >= 15 is 0 Å². The van der Waals surface area contributed by atoms with Crippen LogP contribution in [0.25, 0.3) is 0 Å². The highest BCUT2D eigenvalue weighted by Crippen LogP contribution is 2.39. The first-order valence-corrected chi connectivity index (χ1v) is 14.1. The van der Waals surface area contributed by atoms with Gasteiger partial charge >= 0.3 is 12.1 Å². The SMILES string of the molecule is Cc1cc(Cl)c(C(=O)CN(CC2CCCCC2)C(=O)c2cnn(C3CCC(C(=O)O)CC3)c2C(F)(F)F)c(Cl)n1. The first kappa shape index (κ1) is 30.3. The van der Waals surface area contributed by atoms with E-state index in [9.17, 15) is 32.7 Å². The van der Waals surface area contributed by atoms with Gasteiger partial charge in [-0.3, -0.25) is 19.1 Å². The van der Waals surface area contributed by atoms with Crippen LogP contribution in [0.4, 0.5) is 13.2 Å². The van der Waals surface area contributed by atoms with Crippen molar-refractivity contribution in [3.63, 3.8) is 0 Å². The van der Waals surface area contributed by atoms with Gasteiger partial charge in [-0.2, -0.15) is 18.3 Å². The molecule has 0 atom stereocenters. The summed E-state index contributed by atoms with van der Waals surface area (Å²) >= 11 is 12.4. The Bertz CT molecular complexity index is 1250. The van der Waals surface area contributed by atoms with E-state index in [0.717, 1.165) is 47.9 Å². The van der Waals surface area contributed by atoms with Crippen LogP contribution in [-0.4, -0.2) is 55.5 Å². The highest BCUT2D eigenvalue weighted by atomic mass is 35.5. The van der Waals surface area contributed by atoms with Gasteiger partial charge in [0.1, 0.15) is 5.15 Å². The molecule has 2 saturated carbocycles. The van der Waals surface area contributed by atoms with Crippen molar-refractivity contribution in [2.75, 3.05) is 13.1 Å². The van der Waals surface area contributed by atoms with Gasteiger partial charge in [0.25, 0.3) is 5.91 Å². The molecule has 2 aliphatic rings.